The molecule has 32 heavy (non-hydrogen) atoms. The molecule has 6 heteroatoms. The molecule has 166 valence electrons. The van der Waals surface area contributed by atoms with Crippen molar-refractivity contribution in [1.82, 2.24) is 9.55 Å². The van der Waals surface area contributed by atoms with Crippen LogP contribution in [0.1, 0.15) is 57.6 Å². The molecule has 0 unspecified atom stereocenters. The van der Waals surface area contributed by atoms with E-state index >= 15 is 0 Å². The van der Waals surface area contributed by atoms with E-state index in [9.17, 15) is 4.79 Å². The lowest BCUT2D eigenvalue weighted by atomic mass is 9.94. The summed E-state index contributed by atoms with van der Waals surface area (Å²) in [5.41, 5.74) is 4.28. The van der Waals surface area contributed by atoms with E-state index in [1.54, 1.807) is 0 Å². The molecule has 0 radical (unpaired) electrons. The summed E-state index contributed by atoms with van der Waals surface area (Å²) < 4.78 is 13.8. The molecule has 0 amide bonds. The number of ether oxygens (including phenoxy) is 2. The van der Waals surface area contributed by atoms with Gasteiger partial charge in [-0.2, -0.15) is 0 Å². The van der Waals surface area contributed by atoms with E-state index < -0.39 is 0 Å². The van der Waals surface area contributed by atoms with Crippen LogP contribution in [0.3, 0.4) is 0 Å². The van der Waals surface area contributed by atoms with Gasteiger partial charge in [0.2, 0.25) is 5.95 Å². The first-order valence-electron chi connectivity index (χ1n) is 11.5. The van der Waals surface area contributed by atoms with Crippen LogP contribution in [-0.4, -0.2) is 28.2 Å². The van der Waals surface area contributed by atoms with Gasteiger partial charge in [-0.3, -0.25) is 4.57 Å². The Bertz CT molecular complexity index is 1160. The van der Waals surface area contributed by atoms with Crippen molar-refractivity contribution >= 4 is 23.0 Å². The van der Waals surface area contributed by atoms with Crippen molar-refractivity contribution in [2.24, 2.45) is 0 Å². The molecule has 1 N–H and O–H groups in total. The molecule has 3 aromatic rings. The number of hydrogen-bond donors (Lipinski definition) is 1. The van der Waals surface area contributed by atoms with Crippen LogP contribution in [0.5, 0.6) is 5.75 Å². The fourth-order valence-electron chi connectivity index (χ4n) is 4.85. The van der Waals surface area contributed by atoms with Gasteiger partial charge in [0.15, 0.2) is 0 Å². The van der Waals surface area contributed by atoms with Crippen LogP contribution in [0.2, 0.25) is 0 Å². The molecule has 5 rings (SSSR count). The topological polar surface area (TPSA) is 65.4 Å². The van der Waals surface area contributed by atoms with Crippen LogP contribution >= 0.6 is 0 Å². The second kappa shape index (κ2) is 8.69. The van der Waals surface area contributed by atoms with E-state index in [1.165, 1.54) is 6.42 Å². The van der Waals surface area contributed by atoms with Crippen molar-refractivity contribution in [2.75, 3.05) is 11.9 Å². The first-order chi connectivity index (χ1) is 15.7. The number of hydrogen-bond acceptors (Lipinski definition) is 5. The van der Waals surface area contributed by atoms with E-state index in [2.05, 4.69) is 9.88 Å². The van der Waals surface area contributed by atoms with Gasteiger partial charge in [0.05, 0.1) is 29.3 Å². The van der Waals surface area contributed by atoms with Gasteiger partial charge in [-0.15, -0.1) is 0 Å². The van der Waals surface area contributed by atoms with Crippen LogP contribution in [0.4, 0.5) is 5.95 Å². The summed E-state index contributed by atoms with van der Waals surface area (Å²) in [5.74, 6) is 1.30. The van der Waals surface area contributed by atoms with E-state index in [0.29, 0.717) is 12.2 Å². The Balaban J connectivity index is 1.59. The Kier molecular flexibility index (Phi) is 5.60. The SMILES string of the molecule is CCOc1ccc([C@H]2C(C(=O)OC3CCCCC3)=C(C)Nc3nc4ccccc4n32)cc1. The summed E-state index contributed by atoms with van der Waals surface area (Å²) in [4.78, 5) is 18.3. The van der Waals surface area contributed by atoms with Crippen LogP contribution < -0.4 is 10.1 Å². The average Bonchev–Trinajstić information content (AvgIpc) is 3.17. The summed E-state index contributed by atoms with van der Waals surface area (Å²) in [6.07, 6.45) is 5.34. The molecular weight excluding hydrogens is 402 g/mol. The standard InChI is InChI=1S/C26H29N3O3/c1-3-31-19-15-13-18(14-16-19)24-23(25(30)32-20-9-5-4-6-10-20)17(2)27-26-28-21-11-7-8-12-22(21)29(24)26/h7-8,11-16,20,24H,3-6,9-10H2,1-2H3,(H,27,28)/t24-/m0/s1. The van der Waals surface area contributed by atoms with E-state index in [4.69, 9.17) is 14.5 Å². The molecular formula is C26H29N3O3. The van der Waals surface area contributed by atoms with E-state index in [-0.39, 0.29) is 18.1 Å². The number of anilines is 1. The van der Waals surface area contributed by atoms with Crippen molar-refractivity contribution < 1.29 is 14.3 Å². The molecule has 1 aliphatic heterocycles. The van der Waals surface area contributed by atoms with Crippen molar-refractivity contribution in [3.8, 4) is 5.75 Å². The predicted octanol–water partition coefficient (Wildman–Crippen LogP) is 5.60. The second-order valence-electron chi connectivity index (χ2n) is 8.53. The number of allylic oxidation sites excluding steroid dienone is 1. The zero-order valence-corrected chi connectivity index (χ0v) is 18.6. The highest BCUT2D eigenvalue weighted by Gasteiger charge is 2.36. The van der Waals surface area contributed by atoms with Gasteiger partial charge in [0.1, 0.15) is 11.9 Å². The first-order valence-corrected chi connectivity index (χ1v) is 11.5. The molecule has 2 heterocycles. The average molecular weight is 432 g/mol. The number of benzene rings is 2. The monoisotopic (exact) mass is 431 g/mol. The Morgan fingerprint density at radius 2 is 1.84 bits per heavy atom. The molecule has 0 bridgehead atoms. The lowest BCUT2D eigenvalue weighted by Gasteiger charge is -2.31. The van der Waals surface area contributed by atoms with Gasteiger partial charge >= 0.3 is 5.97 Å². The highest BCUT2D eigenvalue weighted by Crippen LogP contribution is 2.40. The van der Waals surface area contributed by atoms with Gasteiger partial charge in [0.25, 0.3) is 0 Å². The molecule has 0 saturated heterocycles. The Morgan fingerprint density at radius 1 is 1.09 bits per heavy atom. The number of esters is 1. The summed E-state index contributed by atoms with van der Waals surface area (Å²) in [6, 6.07) is 15.7. The number of rotatable bonds is 5. The van der Waals surface area contributed by atoms with Crippen molar-refractivity contribution in [2.45, 2.75) is 58.1 Å². The zero-order valence-electron chi connectivity index (χ0n) is 18.6. The molecule has 1 aromatic heterocycles. The largest absolute Gasteiger partial charge is 0.494 e. The summed E-state index contributed by atoms with van der Waals surface area (Å²) >= 11 is 0. The maximum atomic E-state index is 13.5. The molecule has 1 atom stereocenters. The third-order valence-corrected chi connectivity index (χ3v) is 6.38. The molecule has 1 saturated carbocycles. The van der Waals surface area contributed by atoms with Gasteiger partial charge in [-0.05, 0) is 69.4 Å². The zero-order chi connectivity index (χ0) is 22.1. The number of imidazole rings is 1. The first kappa shape index (κ1) is 20.6. The minimum absolute atomic E-state index is 0.00143. The van der Waals surface area contributed by atoms with Crippen molar-refractivity contribution in [1.29, 1.82) is 0 Å². The lowest BCUT2D eigenvalue weighted by Crippen LogP contribution is -2.31. The Morgan fingerprint density at radius 3 is 2.59 bits per heavy atom. The molecule has 6 nitrogen and oxygen atoms in total. The Labute approximate surface area is 188 Å². The van der Waals surface area contributed by atoms with E-state index in [1.807, 2.05) is 62.4 Å². The fraction of sp³-hybridized carbons (Fsp3) is 0.385. The maximum absolute atomic E-state index is 13.5. The van der Waals surface area contributed by atoms with Crippen molar-refractivity contribution in [3.63, 3.8) is 0 Å². The number of para-hydroxylation sites is 2. The lowest BCUT2D eigenvalue weighted by molar-refractivity contribution is -0.146. The predicted molar refractivity (Wildman–Crippen MR) is 125 cm³/mol. The minimum Gasteiger partial charge on any atom is -0.494 e. The molecule has 2 aliphatic rings. The highest BCUT2D eigenvalue weighted by molar-refractivity contribution is 5.94. The molecule has 0 spiro atoms. The van der Waals surface area contributed by atoms with Crippen LogP contribution in [0, 0.1) is 0 Å². The molecule has 1 aliphatic carbocycles. The third-order valence-electron chi connectivity index (χ3n) is 6.38. The van der Waals surface area contributed by atoms with Crippen LogP contribution in [-0.2, 0) is 9.53 Å². The quantitative estimate of drug-likeness (QED) is 0.533. The van der Waals surface area contributed by atoms with Gasteiger partial charge < -0.3 is 14.8 Å². The third kappa shape index (κ3) is 3.74. The van der Waals surface area contributed by atoms with Crippen LogP contribution in [0.25, 0.3) is 11.0 Å². The van der Waals surface area contributed by atoms with Crippen LogP contribution in [0.15, 0.2) is 59.8 Å². The molecule has 1 fully saturated rings. The molecule has 2 aromatic carbocycles. The maximum Gasteiger partial charge on any atom is 0.338 e. The number of fused-ring (bicyclic) bond motifs is 3. The van der Waals surface area contributed by atoms with Gasteiger partial charge in [-0.1, -0.05) is 30.7 Å². The number of carbonyl (C=O) groups is 1. The van der Waals surface area contributed by atoms with Crippen molar-refractivity contribution in [3.05, 3.63) is 65.4 Å². The van der Waals surface area contributed by atoms with Gasteiger partial charge in [-0.25, -0.2) is 9.78 Å². The Hall–Kier alpha value is -3.28. The van der Waals surface area contributed by atoms with E-state index in [0.717, 1.165) is 59.7 Å². The number of nitrogens with zero attached hydrogens (tertiary/aromatic N) is 2. The second-order valence-corrected chi connectivity index (χ2v) is 8.53. The summed E-state index contributed by atoms with van der Waals surface area (Å²) in [6.45, 7) is 4.51. The number of carbonyl (C=O) groups excluding carboxylic acids is 1. The fourth-order valence-corrected chi connectivity index (χ4v) is 4.85. The normalized spacial score (nSPS) is 18.9. The summed E-state index contributed by atoms with van der Waals surface area (Å²) in [5, 5.41) is 3.35. The van der Waals surface area contributed by atoms with Gasteiger partial charge in [0, 0.05) is 5.70 Å². The number of aromatic nitrogens is 2. The highest BCUT2D eigenvalue weighted by atomic mass is 16.5. The summed E-state index contributed by atoms with van der Waals surface area (Å²) in [7, 11) is 0. The smallest absolute Gasteiger partial charge is 0.338 e. The minimum atomic E-state index is -0.328. The number of nitrogens with one attached hydrogen (secondary N) is 1.